The van der Waals surface area contributed by atoms with E-state index in [1.54, 1.807) is 48.3 Å². The van der Waals surface area contributed by atoms with E-state index in [1.807, 2.05) is 36.4 Å². The van der Waals surface area contributed by atoms with Gasteiger partial charge in [-0.15, -0.1) is 0 Å². The van der Waals surface area contributed by atoms with Crippen molar-refractivity contribution >= 4 is 40.1 Å². The van der Waals surface area contributed by atoms with Crippen molar-refractivity contribution in [1.29, 1.82) is 0 Å². The van der Waals surface area contributed by atoms with Crippen LogP contribution < -0.4 is 19.7 Å². The number of anilines is 2. The molecule has 1 unspecified atom stereocenters. The van der Waals surface area contributed by atoms with Gasteiger partial charge in [0.15, 0.2) is 0 Å². The first-order chi connectivity index (χ1) is 17.0. The number of methoxy groups -OCH3 is 2. The number of hydrogen-bond donors (Lipinski definition) is 1. The number of nitrogens with one attached hydrogen (secondary N) is 1. The minimum atomic E-state index is -0.689. The molecule has 3 atom stereocenters. The summed E-state index contributed by atoms with van der Waals surface area (Å²) in [5.74, 6) is 0.812. The van der Waals surface area contributed by atoms with Crippen LogP contribution in [0.4, 0.5) is 21.0 Å². The largest absolute Gasteiger partial charge is 0.497 e. The van der Waals surface area contributed by atoms with E-state index in [2.05, 4.69) is 5.32 Å². The molecule has 0 radical (unpaired) electrons. The number of piperazine rings is 1. The molecule has 6 rings (SSSR count). The quantitative estimate of drug-likeness (QED) is 0.585. The number of ether oxygens (including phenoxy) is 2. The molecule has 3 fully saturated rings. The molecule has 178 valence electrons. The van der Waals surface area contributed by atoms with Crippen molar-refractivity contribution < 1.29 is 23.9 Å². The summed E-state index contributed by atoms with van der Waals surface area (Å²) in [5, 5.41) is 4.68. The predicted molar refractivity (Wildman–Crippen MR) is 130 cm³/mol. The summed E-state index contributed by atoms with van der Waals surface area (Å²) in [4.78, 5) is 44.8. The molecule has 3 aliphatic heterocycles. The lowest BCUT2D eigenvalue weighted by Gasteiger charge is -2.34. The van der Waals surface area contributed by atoms with Gasteiger partial charge < -0.3 is 24.6 Å². The van der Waals surface area contributed by atoms with E-state index in [0.29, 0.717) is 35.8 Å². The van der Waals surface area contributed by atoms with Gasteiger partial charge in [-0.05, 0) is 17.9 Å². The number of fused-ring (bicyclic) bond motifs is 6. The van der Waals surface area contributed by atoms with Crippen LogP contribution in [0.3, 0.4) is 0 Å². The Morgan fingerprint density at radius 2 is 1.69 bits per heavy atom. The van der Waals surface area contributed by atoms with Crippen LogP contribution in [0.1, 0.15) is 6.42 Å². The third-order valence-electron chi connectivity index (χ3n) is 7.14. The molecule has 3 aliphatic rings. The molecule has 0 saturated carbocycles. The number of hydrogen-bond acceptors (Lipinski definition) is 5. The van der Waals surface area contributed by atoms with E-state index >= 15 is 0 Å². The van der Waals surface area contributed by atoms with Gasteiger partial charge in [-0.25, -0.2) is 14.5 Å². The van der Waals surface area contributed by atoms with E-state index in [4.69, 9.17) is 9.47 Å². The smallest absolute Gasteiger partial charge is 0.332 e. The molecular weight excluding hydrogens is 448 g/mol. The fourth-order valence-electron chi connectivity index (χ4n) is 5.59. The van der Waals surface area contributed by atoms with Crippen LogP contribution in [0.25, 0.3) is 10.8 Å². The number of carbonyl (C=O) groups is 3. The van der Waals surface area contributed by atoms with Crippen LogP contribution in [0.5, 0.6) is 11.5 Å². The van der Waals surface area contributed by atoms with Crippen molar-refractivity contribution in [2.75, 3.05) is 31.0 Å². The van der Waals surface area contributed by atoms with Gasteiger partial charge in [-0.3, -0.25) is 4.79 Å². The van der Waals surface area contributed by atoms with Gasteiger partial charge in [0.25, 0.3) is 5.91 Å². The number of amides is 5. The number of carbonyl (C=O) groups excluding carboxylic acids is 3. The van der Waals surface area contributed by atoms with E-state index in [1.165, 1.54) is 4.90 Å². The third kappa shape index (κ3) is 3.18. The van der Waals surface area contributed by atoms with Crippen LogP contribution in [0.2, 0.25) is 0 Å². The summed E-state index contributed by atoms with van der Waals surface area (Å²) in [7, 11) is 3.08. The van der Waals surface area contributed by atoms with Gasteiger partial charge in [0, 0.05) is 35.8 Å². The van der Waals surface area contributed by atoms with Crippen LogP contribution in [0.15, 0.2) is 60.7 Å². The summed E-state index contributed by atoms with van der Waals surface area (Å²) in [6, 6.07) is 16.5. The minimum Gasteiger partial charge on any atom is -0.497 e. The molecule has 0 aromatic heterocycles. The summed E-state index contributed by atoms with van der Waals surface area (Å²) < 4.78 is 10.6. The zero-order valence-electron chi connectivity index (χ0n) is 19.3. The van der Waals surface area contributed by atoms with Gasteiger partial charge in [0.05, 0.1) is 32.0 Å². The molecule has 3 aromatic rings. The molecule has 35 heavy (non-hydrogen) atoms. The van der Waals surface area contributed by atoms with Crippen LogP contribution >= 0.6 is 0 Å². The summed E-state index contributed by atoms with van der Waals surface area (Å²) in [5.41, 5.74) is 1.10. The van der Waals surface area contributed by atoms with E-state index in [-0.39, 0.29) is 30.1 Å². The molecule has 9 heteroatoms. The Bertz CT molecular complexity index is 1350. The van der Waals surface area contributed by atoms with E-state index in [9.17, 15) is 14.4 Å². The molecule has 5 amide bonds. The third-order valence-corrected chi connectivity index (χ3v) is 7.14. The second-order valence-electron chi connectivity index (χ2n) is 8.95. The lowest BCUT2D eigenvalue weighted by Crippen LogP contribution is -2.55. The first-order valence-corrected chi connectivity index (χ1v) is 11.4. The number of benzene rings is 3. The first kappa shape index (κ1) is 21.3. The Kier molecular flexibility index (Phi) is 4.80. The standard InChI is InChI=1S/C26H24N4O5/c1-34-18-10-16(11-19(13-18)35-2)27-25(32)28-14-17-12-22(28)23-24(31)30(26(33)29(17)23)21-9-5-7-15-6-3-4-8-20(15)21/h3-11,13,17,22-23H,12,14H2,1-2H3,(H,27,32)/t17-,22?,23+/m1/s1. The Morgan fingerprint density at radius 1 is 0.971 bits per heavy atom. The number of imide groups is 1. The van der Waals surface area contributed by atoms with Gasteiger partial charge in [-0.2, -0.15) is 0 Å². The second kappa shape index (κ2) is 7.90. The van der Waals surface area contributed by atoms with Crippen LogP contribution in [-0.4, -0.2) is 66.7 Å². The fraction of sp³-hybridized carbons (Fsp3) is 0.269. The Labute approximate surface area is 201 Å². The van der Waals surface area contributed by atoms with Crippen molar-refractivity contribution in [2.24, 2.45) is 0 Å². The van der Waals surface area contributed by atoms with Gasteiger partial charge in [-0.1, -0.05) is 36.4 Å². The molecule has 9 nitrogen and oxygen atoms in total. The van der Waals surface area contributed by atoms with Crippen LogP contribution in [-0.2, 0) is 4.79 Å². The maximum atomic E-state index is 13.6. The molecule has 2 bridgehead atoms. The van der Waals surface area contributed by atoms with Crippen molar-refractivity contribution in [3.8, 4) is 11.5 Å². The van der Waals surface area contributed by atoms with Crippen LogP contribution in [0, 0.1) is 0 Å². The molecule has 0 spiro atoms. The van der Waals surface area contributed by atoms with Crippen molar-refractivity contribution in [2.45, 2.75) is 24.5 Å². The zero-order chi connectivity index (χ0) is 24.3. The fourth-order valence-corrected chi connectivity index (χ4v) is 5.59. The van der Waals surface area contributed by atoms with Crippen molar-refractivity contribution in [1.82, 2.24) is 9.80 Å². The van der Waals surface area contributed by atoms with E-state index in [0.717, 1.165) is 10.8 Å². The monoisotopic (exact) mass is 472 g/mol. The van der Waals surface area contributed by atoms with Gasteiger partial charge in [0.2, 0.25) is 0 Å². The number of likely N-dealkylation sites (tertiary alicyclic amines) is 1. The van der Waals surface area contributed by atoms with E-state index < -0.39 is 6.04 Å². The molecule has 0 aliphatic carbocycles. The molecule has 3 saturated heterocycles. The normalized spacial score (nSPS) is 22.7. The zero-order valence-corrected chi connectivity index (χ0v) is 19.3. The highest BCUT2D eigenvalue weighted by Gasteiger charge is 2.63. The van der Waals surface area contributed by atoms with Crippen molar-refractivity contribution in [3.63, 3.8) is 0 Å². The predicted octanol–water partition coefficient (Wildman–Crippen LogP) is 3.68. The summed E-state index contributed by atoms with van der Waals surface area (Å²) in [6.45, 7) is 0.372. The minimum absolute atomic E-state index is 0.202. The molecule has 1 N–H and O–H groups in total. The Hall–Kier alpha value is -4.27. The van der Waals surface area contributed by atoms with Gasteiger partial charge >= 0.3 is 12.1 Å². The number of rotatable bonds is 4. The summed E-state index contributed by atoms with van der Waals surface area (Å²) >= 11 is 0. The number of urea groups is 2. The van der Waals surface area contributed by atoms with Gasteiger partial charge in [0.1, 0.15) is 17.5 Å². The first-order valence-electron chi connectivity index (χ1n) is 11.4. The molecule has 3 aromatic carbocycles. The molecular formula is C26H24N4O5. The Morgan fingerprint density at radius 3 is 2.43 bits per heavy atom. The second-order valence-corrected chi connectivity index (χ2v) is 8.95. The maximum absolute atomic E-state index is 13.6. The van der Waals surface area contributed by atoms with Crippen molar-refractivity contribution in [3.05, 3.63) is 60.7 Å². The maximum Gasteiger partial charge on any atom is 0.332 e. The SMILES string of the molecule is COc1cc(NC(=O)N2C[C@H]3CC2[C@H]2C(=O)N(c4cccc5ccccc45)C(=O)N32)cc(OC)c1. The average Bonchev–Trinajstić information content (AvgIpc) is 3.54. The number of nitrogens with zero attached hydrogens (tertiary/aromatic N) is 3. The Balaban J connectivity index is 1.27. The highest BCUT2D eigenvalue weighted by molar-refractivity contribution is 6.25. The highest BCUT2D eigenvalue weighted by Crippen LogP contribution is 2.43. The summed E-state index contributed by atoms with van der Waals surface area (Å²) in [6.07, 6.45) is 0.584. The topological polar surface area (TPSA) is 91.4 Å². The lowest BCUT2D eigenvalue weighted by atomic mass is 10.1. The average molecular weight is 473 g/mol. The lowest BCUT2D eigenvalue weighted by molar-refractivity contribution is -0.120. The highest BCUT2D eigenvalue weighted by atomic mass is 16.5. The molecule has 3 heterocycles.